The number of nitrogens with zero attached hydrogens (tertiary/aromatic N) is 2. The maximum absolute atomic E-state index is 14.4. The topological polar surface area (TPSA) is 125 Å². The average Bonchev–Trinajstić information content (AvgIpc) is 3.53. The van der Waals surface area contributed by atoms with Gasteiger partial charge in [-0.1, -0.05) is 48.4 Å². The Balaban J connectivity index is 1.94. The van der Waals surface area contributed by atoms with E-state index >= 15 is 0 Å². The van der Waals surface area contributed by atoms with Crippen molar-refractivity contribution in [3.05, 3.63) is 25.3 Å². The summed E-state index contributed by atoms with van der Waals surface area (Å²) >= 11 is 3.67. The Kier molecular flexibility index (Phi) is 11.6. The van der Waals surface area contributed by atoms with Gasteiger partial charge in [0, 0.05) is 23.8 Å². The van der Waals surface area contributed by atoms with Crippen LogP contribution in [0.5, 0.6) is 0 Å². The van der Waals surface area contributed by atoms with Crippen molar-refractivity contribution in [2.45, 2.75) is 107 Å². The molecule has 0 saturated carbocycles. The Morgan fingerprint density at radius 3 is 2.59 bits per heavy atom. The number of alkyl halides is 1. The number of aliphatic hydroxyl groups excluding tert-OH is 1. The molecule has 0 aromatic heterocycles. The molecule has 0 aromatic carbocycles. The molecule has 2 N–H and O–H groups in total. The maximum atomic E-state index is 14.4. The molecule has 3 amide bonds. The fraction of sp³-hybridized carbons (Fsp3) is 0.733. The molecule has 2 unspecified atom stereocenters. The summed E-state index contributed by atoms with van der Waals surface area (Å²) < 4.78 is 12.3. The number of aliphatic hydroxyl groups is 1. The Labute approximate surface area is 252 Å². The molecule has 3 fully saturated rings. The van der Waals surface area contributed by atoms with E-state index in [1.807, 2.05) is 20.8 Å². The lowest BCUT2D eigenvalue weighted by molar-refractivity contribution is -0.160. The minimum Gasteiger partial charge on any atom is -0.460 e. The SMILES string of the molecule is C=CCCC(=O)NC[C@@H](C)OC(=O)[C@@H]1[C@H]2O[C@@]3(CC2Br)[C@H](C(=O)N(CC=C)C(C)CCC)N([C@@H](CC)CO)C(=O)[C@@H]13. The minimum absolute atomic E-state index is 0.103. The number of halogens is 1. The summed E-state index contributed by atoms with van der Waals surface area (Å²) in [6.45, 7) is 15.1. The first-order valence-electron chi connectivity index (χ1n) is 14.8. The molecule has 0 aromatic rings. The minimum atomic E-state index is -1.24. The monoisotopic (exact) mass is 639 g/mol. The van der Waals surface area contributed by atoms with Crippen LogP contribution < -0.4 is 5.32 Å². The van der Waals surface area contributed by atoms with Crippen LogP contribution in [0.15, 0.2) is 25.3 Å². The predicted molar refractivity (Wildman–Crippen MR) is 158 cm³/mol. The van der Waals surface area contributed by atoms with Crippen molar-refractivity contribution in [3.8, 4) is 0 Å². The van der Waals surface area contributed by atoms with E-state index < -0.39 is 47.7 Å². The van der Waals surface area contributed by atoms with Gasteiger partial charge in [-0.25, -0.2) is 0 Å². The zero-order valence-corrected chi connectivity index (χ0v) is 26.3. The number of carbonyl (C=O) groups is 4. The third-order valence-corrected chi connectivity index (χ3v) is 9.48. The Morgan fingerprint density at radius 1 is 1.29 bits per heavy atom. The van der Waals surface area contributed by atoms with Crippen molar-refractivity contribution in [1.29, 1.82) is 0 Å². The van der Waals surface area contributed by atoms with E-state index in [0.717, 1.165) is 12.8 Å². The Morgan fingerprint density at radius 2 is 2.00 bits per heavy atom. The van der Waals surface area contributed by atoms with E-state index in [4.69, 9.17) is 9.47 Å². The summed E-state index contributed by atoms with van der Waals surface area (Å²) in [6.07, 6.45) is 5.32. The molecule has 1 spiro atoms. The number of allylic oxidation sites excluding steroid dienone is 1. The van der Waals surface area contributed by atoms with Crippen LogP contribution in [0.25, 0.3) is 0 Å². The van der Waals surface area contributed by atoms with Gasteiger partial charge in [0.1, 0.15) is 17.7 Å². The van der Waals surface area contributed by atoms with Gasteiger partial charge in [0.05, 0.1) is 37.1 Å². The highest BCUT2D eigenvalue weighted by Gasteiger charge is 2.77. The van der Waals surface area contributed by atoms with Crippen LogP contribution in [0.3, 0.4) is 0 Å². The average molecular weight is 641 g/mol. The van der Waals surface area contributed by atoms with Crippen LogP contribution in [-0.2, 0) is 28.7 Å². The zero-order chi connectivity index (χ0) is 30.5. The van der Waals surface area contributed by atoms with Crippen LogP contribution in [0.2, 0.25) is 0 Å². The highest BCUT2D eigenvalue weighted by Crippen LogP contribution is 2.60. The quantitative estimate of drug-likeness (QED) is 0.151. The van der Waals surface area contributed by atoms with E-state index in [1.54, 1.807) is 24.0 Å². The first kappa shape index (κ1) is 33.3. The molecule has 230 valence electrons. The van der Waals surface area contributed by atoms with E-state index in [9.17, 15) is 24.3 Å². The van der Waals surface area contributed by atoms with Crippen molar-refractivity contribution in [2.24, 2.45) is 11.8 Å². The second-order valence-electron chi connectivity index (χ2n) is 11.4. The van der Waals surface area contributed by atoms with Crippen LogP contribution in [0.1, 0.15) is 66.2 Å². The molecule has 3 aliphatic heterocycles. The molecule has 11 heteroatoms. The lowest BCUT2D eigenvalue weighted by atomic mass is 9.70. The number of likely N-dealkylation sites (tertiary alicyclic amines) is 1. The van der Waals surface area contributed by atoms with Crippen molar-refractivity contribution >= 4 is 39.6 Å². The van der Waals surface area contributed by atoms with Gasteiger partial charge in [0.15, 0.2) is 0 Å². The van der Waals surface area contributed by atoms with E-state index in [1.165, 1.54) is 4.90 Å². The third kappa shape index (κ3) is 6.41. The highest BCUT2D eigenvalue weighted by molar-refractivity contribution is 9.09. The number of nitrogens with one attached hydrogen (secondary N) is 1. The number of hydrogen-bond acceptors (Lipinski definition) is 7. The summed E-state index contributed by atoms with van der Waals surface area (Å²) in [6, 6.07) is -1.71. The molecule has 0 aliphatic carbocycles. The smallest absolute Gasteiger partial charge is 0.312 e. The first-order chi connectivity index (χ1) is 19.5. The van der Waals surface area contributed by atoms with E-state index in [2.05, 4.69) is 34.4 Å². The van der Waals surface area contributed by atoms with Gasteiger partial charge in [0.2, 0.25) is 17.7 Å². The summed E-state index contributed by atoms with van der Waals surface area (Å²) in [5.41, 5.74) is -1.24. The Bertz CT molecular complexity index is 1000. The predicted octanol–water partition coefficient (Wildman–Crippen LogP) is 2.72. The fourth-order valence-electron chi connectivity index (χ4n) is 6.68. The standard InChI is InChI=1S/C30H46BrN3O7/c1-7-11-13-22(36)32-16-19(6)40-29(39)23-24-27(37)34(20(10-4)17-35)26(30(24)15-21(31)25(23)41-30)28(38)33(14-9-3)18(5)12-8-2/h7,9,18-21,23-26,35H,1,3,8,10-17H2,2,4-6H3,(H,32,36)/t18?,19-,20+,21?,23+,24-,25+,26+,30-/m1/s1. The Hall–Kier alpha value is -2.24. The molecule has 2 bridgehead atoms. The second kappa shape index (κ2) is 14.3. The van der Waals surface area contributed by atoms with Gasteiger partial charge >= 0.3 is 5.97 Å². The van der Waals surface area contributed by atoms with Crippen LogP contribution in [-0.4, -0.2) is 99.1 Å². The van der Waals surface area contributed by atoms with Crippen molar-refractivity contribution in [1.82, 2.24) is 15.1 Å². The normalized spacial score (nSPS) is 30.3. The molecule has 3 rings (SSSR count). The molecular formula is C30H46BrN3O7. The molecule has 3 aliphatic rings. The summed E-state index contributed by atoms with van der Waals surface area (Å²) in [4.78, 5) is 57.2. The number of carbonyl (C=O) groups excluding carboxylic acids is 4. The molecule has 0 radical (unpaired) electrons. The molecular weight excluding hydrogens is 594 g/mol. The van der Waals surface area contributed by atoms with Crippen LogP contribution in [0.4, 0.5) is 0 Å². The van der Waals surface area contributed by atoms with Crippen molar-refractivity contribution in [2.75, 3.05) is 19.7 Å². The van der Waals surface area contributed by atoms with Gasteiger partial charge in [-0.05, 0) is 39.5 Å². The number of esters is 1. The number of rotatable bonds is 16. The molecule has 41 heavy (non-hydrogen) atoms. The summed E-state index contributed by atoms with van der Waals surface area (Å²) in [5.74, 6) is -3.27. The third-order valence-electron chi connectivity index (χ3n) is 8.64. The van der Waals surface area contributed by atoms with Crippen LogP contribution >= 0.6 is 15.9 Å². The summed E-state index contributed by atoms with van der Waals surface area (Å²) in [7, 11) is 0. The van der Waals surface area contributed by atoms with Gasteiger partial charge in [0.25, 0.3) is 0 Å². The second-order valence-corrected chi connectivity index (χ2v) is 12.6. The molecule has 9 atom stereocenters. The van der Waals surface area contributed by atoms with Gasteiger partial charge < -0.3 is 29.7 Å². The van der Waals surface area contributed by atoms with Crippen molar-refractivity contribution < 1.29 is 33.8 Å². The largest absolute Gasteiger partial charge is 0.460 e. The number of fused-ring (bicyclic) bond motifs is 1. The van der Waals surface area contributed by atoms with Gasteiger partial charge in [-0.15, -0.1) is 13.2 Å². The van der Waals surface area contributed by atoms with E-state index in [-0.39, 0.29) is 41.7 Å². The van der Waals surface area contributed by atoms with E-state index in [0.29, 0.717) is 32.2 Å². The van der Waals surface area contributed by atoms with Crippen molar-refractivity contribution in [3.63, 3.8) is 0 Å². The number of ether oxygens (including phenoxy) is 2. The molecule has 3 saturated heterocycles. The summed E-state index contributed by atoms with van der Waals surface area (Å²) in [5, 5.41) is 13.0. The first-order valence-corrected chi connectivity index (χ1v) is 15.7. The molecule has 3 heterocycles. The van der Waals surface area contributed by atoms with Gasteiger partial charge in [-0.2, -0.15) is 0 Å². The lowest BCUT2D eigenvalue weighted by Crippen LogP contribution is -2.60. The fourth-order valence-corrected chi connectivity index (χ4v) is 7.62. The number of hydrogen-bond donors (Lipinski definition) is 2. The zero-order valence-electron chi connectivity index (χ0n) is 24.7. The molecule has 10 nitrogen and oxygen atoms in total. The lowest BCUT2D eigenvalue weighted by Gasteiger charge is -2.40. The van der Waals surface area contributed by atoms with Crippen LogP contribution in [0, 0.1) is 11.8 Å². The highest BCUT2D eigenvalue weighted by atomic mass is 79.9. The maximum Gasteiger partial charge on any atom is 0.312 e. The number of amides is 3. The van der Waals surface area contributed by atoms with Gasteiger partial charge in [-0.3, -0.25) is 19.2 Å².